The fourth-order valence-corrected chi connectivity index (χ4v) is 2.18. The van der Waals surface area contributed by atoms with Crippen LogP contribution in [0.15, 0.2) is 22.7 Å². The Hall–Kier alpha value is -0.450. The van der Waals surface area contributed by atoms with E-state index >= 15 is 0 Å². The van der Waals surface area contributed by atoms with Crippen LogP contribution in [0, 0.1) is 11.7 Å². The van der Waals surface area contributed by atoms with Gasteiger partial charge in [0.1, 0.15) is 5.82 Å². The number of aliphatic hydroxyl groups is 1. The number of ether oxygens (including phenoxy) is 1. The smallest absolute Gasteiger partial charge is 0.129 e. The molecule has 1 saturated heterocycles. The van der Waals surface area contributed by atoms with Crippen LogP contribution in [0.25, 0.3) is 0 Å². The van der Waals surface area contributed by atoms with E-state index in [1.807, 2.05) is 0 Å². The molecule has 1 aliphatic heterocycles. The lowest BCUT2D eigenvalue weighted by molar-refractivity contribution is 0.0889. The van der Waals surface area contributed by atoms with Gasteiger partial charge >= 0.3 is 0 Å². The van der Waals surface area contributed by atoms with Crippen molar-refractivity contribution in [2.75, 3.05) is 13.2 Å². The van der Waals surface area contributed by atoms with Crippen LogP contribution in [0.4, 0.5) is 4.39 Å². The summed E-state index contributed by atoms with van der Waals surface area (Å²) in [6, 6.07) is 4.60. The van der Waals surface area contributed by atoms with E-state index in [1.54, 1.807) is 12.1 Å². The minimum atomic E-state index is -0.773. The van der Waals surface area contributed by atoms with Gasteiger partial charge in [-0.2, -0.15) is 0 Å². The van der Waals surface area contributed by atoms with Crippen molar-refractivity contribution >= 4 is 15.9 Å². The molecule has 0 spiro atoms. The van der Waals surface area contributed by atoms with Gasteiger partial charge in [0.15, 0.2) is 0 Å². The SMILES string of the molecule is OC(c1cc(Br)ccc1F)C1CCOC1. The third kappa shape index (κ3) is 2.38. The van der Waals surface area contributed by atoms with Crippen molar-refractivity contribution in [3.05, 3.63) is 34.1 Å². The average molecular weight is 275 g/mol. The minimum absolute atomic E-state index is 0.00815. The standard InChI is InChI=1S/C11H12BrFO2/c12-8-1-2-10(13)9(5-8)11(14)7-3-4-15-6-7/h1-2,5,7,11,14H,3-4,6H2. The third-order valence-corrected chi connectivity index (χ3v) is 3.18. The van der Waals surface area contributed by atoms with Crippen molar-refractivity contribution in [1.29, 1.82) is 0 Å². The molecular formula is C11H12BrFO2. The summed E-state index contributed by atoms with van der Waals surface area (Å²) in [5.41, 5.74) is 0.347. The second-order valence-corrected chi connectivity index (χ2v) is 4.65. The molecule has 1 aliphatic rings. The highest BCUT2D eigenvalue weighted by molar-refractivity contribution is 9.10. The molecule has 0 saturated carbocycles. The second-order valence-electron chi connectivity index (χ2n) is 3.73. The molecule has 1 heterocycles. The third-order valence-electron chi connectivity index (χ3n) is 2.69. The molecule has 2 nitrogen and oxygen atoms in total. The molecule has 2 rings (SSSR count). The first kappa shape index (κ1) is 11.0. The minimum Gasteiger partial charge on any atom is -0.388 e. The maximum atomic E-state index is 13.5. The number of aliphatic hydroxyl groups excluding tert-OH is 1. The highest BCUT2D eigenvalue weighted by Crippen LogP contribution is 2.31. The van der Waals surface area contributed by atoms with Crippen molar-refractivity contribution in [3.8, 4) is 0 Å². The molecule has 2 atom stereocenters. The van der Waals surface area contributed by atoms with Crippen LogP contribution in [0.2, 0.25) is 0 Å². The molecule has 0 aromatic heterocycles. The Morgan fingerprint density at radius 3 is 3.00 bits per heavy atom. The first-order chi connectivity index (χ1) is 7.18. The Morgan fingerprint density at radius 2 is 2.33 bits per heavy atom. The molecular weight excluding hydrogens is 263 g/mol. The van der Waals surface area contributed by atoms with Gasteiger partial charge in [-0.25, -0.2) is 4.39 Å². The highest BCUT2D eigenvalue weighted by atomic mass is 79.9. The summed E-state index contributed by atoms with van der Waals surface area (Å²) in [5.74, 6) is -0.355. The number of hydrogen-bond acceptors (Lipinski definition) is 2. The van der Waals surface area contributed by atoms with Crippen LogP contribution in [-0.2, 0) is 4.74 Å². The number of hydrogen-bond donors (Lipinski definition) is 1. The van der Waals surface area contributed by atoms with Gasteiger partial charge in [-0.3, -0.25) is 0 Å². The zero-order valence-corrected chi connectivity index (χ0v) is 9.71. The zero-order chi connectivity index (χ0) is 10.8. The lowest BCUT2D eigenvalue weighted by Crippen LogP contribution is -2.13. The molecule has 0 radical (unpaired) electrons. The van der Waals surface area contributed by atoms with Crippen molar-refractivity contribution < 1.29 is 14.2 Å². The maximum Gasteiger partial charge on any atom is 0.129 e. The van der Waals surface area contributed by atoms with E-state index in [0.717, 1.165) is 10.9 Å². The van der Waals surface area contributed by atoms with Crippen LogP contribution in [0.3, 0.4) is 0 Å². The highest BCUT2D eigenvalue weighted by Gasteiger charge is 2.27. The van der Waals surface area contributed by atoms with Gasteiger partial charge in [-0.1, -0.05) is 15.9 Å². The number of halogens is 2. The maximum absolute atomic E-state index is 13.5. The Bertz CT molecular complexity index is 350. The van der Waals surface area contributed by atoms with Crippen LogP contribution in [0.1, 0.15) is 18.1 Å². The predicted molar refractivity (Wildman–Crippen MR) is 58.0 cm³/mol. The summed E-state index contributed by atoms with van der Waals surface area (Å²) in [5, 5.41) is 9.98. The number of rotatable bonds is 2. The second kappa shape index (κ2) is 4.60. The van der Waals surface area contributed by atoms with Gasteiger partial charge in [-0.05, 0) is 24.6 Å². The lowest BCUT2D eigenvalue weighted by Gasteiger charge is -2.17. The van der Waals surface area contributed by atoms with Gasteiger partial charge in [0.25, 0.3) is 0 Å². The average Bonchev–Trinajstić information content (AvgIpc) is 2.74. The normalized spacial score (nSPS) is 23.0. The quantitative estimate of drug-likeness (QED) is 0.899. The van der Waals surface area contributed by atoms with E-state index in [1.165, 1.54) is 6.07 Å². The van der Waals surface area contributed by atoms with Crippen molar-refractivity contribution in [2.24, 2.45) is 5.92 Å². The zero-order valence-electron chi connectivity index (χ0n) is 8.12. The topological polar surface area (TPSA) is 29.5 Å². The molecule has 1 aromatic carbocycles. The van der Waals surface area contributed by atoms with Gasteiger partial charge < -0.3 is 9.84 Å². The molecule has 1 N–H and O–H groups in total. The Kier molecular flexibility index (Phi) is 3.38. The monoisotopic (exact) mass is 274 g/mol. The molecule has 0 amide bonds. The van der Waals surface area contributed by atoms with Crippen LogP contribution in [-0.4, -0.2) is 18.3 Å². The van der Waals surface area contributed by atoms with E-state index in [9.17, 15) is 9.50 Å². The van der Waals surface area contributed by atoms with Gasteiger partial charge in [-0.15, -0.1) is 0 Å². The first-order valence-electron chi connectivity index (χ1n) is 4.89. The van der Waals surface area contributed by atoms with Gasteiger partial charge in [0.05, 0.1) is 12.7 Å². The Balaban J connectivity index is 2.23. The van der Waals surface area contributed by atoms with E-state index < -0.39 is 6.10 Å². The van der Waals surface area contributed by atoms with Crippen LogP contribution < -0.4 is 0 Å². The molecule has 0 aliphatic carbocycles. The Labute approximate surface area is 96.2 Å². The van der Waals surface area contributed by atoms with E-state index in [4.69, 9.17) is 4.74 Å². The van der Waals surface area contributed by atoms with E-state index in [0.29, 0.717) is 18.8 Å². The Morgan fingerprint density at radius 1 is 1.53 bits per heavy atom. The summed E-state index contributed by atoms with van der Waals surface area (Å²) >= 11 is 3.26. The summed E-state index contributed by atoms with van der Waals surface area (Å²) < 4.78 is 19.4. The number of benzene rings is 1. The first-order valence-corrected chi connectivity index (χ1v) is 5.68. The fraction of sp³-hybridized carbons (Fsp3) is 0.455. The molecule has 15 heavy (non-hydrogen) atoms. The van der Waals surface area contributed by atoms with E-state index in [-0.39, 0.29) is 11.7 Å². The molecule has 2 unspecified atom stereocenters. The van der Waals surface area contributed by atoms with Crippen LogP contribution in [0.5, 0.6) is 0 Å². The van der Waals surface area contributed by atoms with Gasteiger partial charge in [0, 0.05) is 22.6 Å². The summed E-state index contributed by atoms with van der Waals surface area (Å²) in [4.78, 5) is 0. The lowest BCUT2D eigenvalue weighted by atomic mass is 9.95. The molecule has 1 aromatic rings. The van der Waals surface area contributed by atoms with Crippen molar-refractivity contribution in [3.63, 3.8) is 0 Å². The molecule has 82 valence electrons. The van der Waals surface area contributed by atoms with E-state index in [2.05, 4.69) is 15.9 Å². The largest absolute Gasteiger partial charge is 0.388 e. The summed E-state index contributed by atoms with van der Waals surface area (Å²) in [6.07, 6.45) is 0.0117. The predicted octanol–water partition coefficient (Wildman–Crippen LogP) is 2.66. The van der Waals surface area contributed by atoms with Crippen LogP contribution >= 0.6 is 15.9 Å². The molecule has 1 fully saturated rings. The summed E-state index contributed by atoms with van der Waals surface area (Å²) in [7, 11) is 0. The van der Waals surface area contributed by atoms with Gasteiger partial charge in [0.2, 0.25) is 0 Å². The fourth-order valence-electron chi connectivity index (χ4n) is 1.80. The summed E-state index contributed by atoms with van der Waals surface area (Å²) in [6.45, 7) is 1.16. The molecule has 0 bridgehead atoms. The van der Waals surface area contributed by atoms with Crippen molar-refractivity contribution in [2.45, 2.75) is 12.5 Å². The molecule has 4 heteroatoms. The van der Waals surface area contributed by atoms with Crippen molar-refractivity contribution in [1.82, 2.24) is 0 Å².